The summed E-state index contributed by atoms with van der Waals surface area (Å²) in [5.41, 5.74) is 0.959. The number of nitrogens with one attached hydrogen (secondary N) is 2. The molecule has 13 heteroatoms. The quantitative estimate of drug-likeness (QED) is 0.204. The Balaban J connectivity index is 1.47. The number of nitro benzene ring substituents is 1. The van der Waals surface area contributed by atoms with Crippen molar-refractivity contribution in [1.82, 2.24) is 25.1 Å². The van der Waals surface area contributed by atoms with Crippen LogP contribution in [0, 0.1) is 10.1 Å². The SMILES string of the molecule is O=C(CSc1nnc(CNC(=O)c2ccc([N+](=O)[O-])cc2)n1-c1ccccc1)Nc1nccs1. The molecule has 0 fully saturated rings. The first-order chi connectivity index (χ1) is 16.5. The fraction of sp³-hybridized carbons (Fsp3) is 0.0952. The Morgan fingerprint density at radius 3 is 2.53 bits per heavy atom. The van der Waals surface area contributed by atoms with Gasteiger partial charge in [0.1, 0.15) is 0 Å². The molecular weight excluding hydrogens is 478 g/mol. The first-order valence-corrected chi connectivity index (χ1v) is 11.7. The van der Waals surface area contributed by atoms with Gasteiger partial charge in [-0.1, -0.05) is 30.0 Å². The minimum atomic E-state index is -0.527. The van der Waals surface area contributed by atoms with E-state index < -0.39 is 10.8 Å². The zero-order valence-electron chi connectivity index (χ0n) is 17.5. The predicted molar refractivity (Wildman–Crippen MR) is 127 cm³/mol. The summed E-state index contributed by atoms with van der Waals surface area (Å²) in [5.74, 6) is -0.0749. The molecule has 2 amide bonds. The molecule has 2 aromatic heterocycles. The normalized spacial score (nSPS) is 10.6. The van der Waals surface area contributed by atoms with Crippen LogP contribution in [0.5, 0.6) is 0 Å². The van der Waals surface area contributed by atoms with E-state index in [2.05, 4.69) is 25.8 Å². The molecule has 0 unspecified atom stereocenters. The van der Waals surface area contributed by atoms with E-state index in [1.54, 1.807) is 16.1 Å². The van der Waals surface area contributed by atoms with Gasteiger partial charge in [0.05, 0.1) is 17.2 Å². The Labute approximate surface area is 201 Å². The van der Waals surface area contributed by atoms with Crippen molar-refractivity contribution in [3.05, 3.63) is 87.7 Å². The molecule has 4 aromatic rings. The molecule has 34 heavy (non-hydrogen) atoms. The van der Waals surface area contributed by atoms with Gasteiger partial charge in [0.25, 0.3) is 11.6 Å². The van der Waals surface area contributed by atoms with Gasteiger partial charge in [-0.25, -0.2) is 4.98 Å². The average molecular weight is 496 g/mol. The lowest BCUT2D eigenvalue weighted by Gasteiger charge is -2.11. The number of nitrogens with zero attached hydrogens (tertiary/aromatic N) is 5. The van der Waals surface area contributed by atoms with E-state index in [-0.39, 0.29) is 29.5 Å². The summed E-state index contributed by atoms with van der Waals surface area (Å²) in [6, 6.07) is 14.6. The largest absolute Gasteiger partial charge is 0.345 e. The molecule has 0 atom stereocenters. The lowest BCUT2D eigenvalue weighted by Crippen LogP contribution is -2.24. The molecule has 4 rings (SSSR count). The summed E-state index contributed by atoms with van der Waals surface area (Å²) >= 11 is 2.53. The van der Waals surface area contributed by atoms with Crippen LogP contribution in [0.15, 0.2) is 71.3 Å². The Kier molecular flexibility index (Phi) is 7.25. The number of aromatic nitrogens is 4. The average Bonchev–Trinajstić information content (AvgIpc) is 3.51. The molecule has 2 heterocycles. The van der Waals surface area contributed by atoms with E-state index in [1.165, 1.54) is 47.4 Å². The number of amides is 2. The summed E-state index contributed by atoms with van der Waals surface area (Å²) in [4.78, 5) is 39.1. The molecular formula is C21H17N7O4S2. The highest BCUT2D eigenvalue weighted by atomic mass is 32.2. The van der Waals surface area contributed by atoms with Crippen LogP contribution in [-0.2, 0) is 11.3 Å². The van der Waals surface area contributed by atoms with Crippen molar-refractivity contribution < 1.29 is 14.5 Å². The Morgan fingerprint density at radius 1 is 1.09 bits per heavy atom. The van der Waals surface area contributed by atoms with Crippen molar-refractivity contribution in [2.45, 2.75) is 11.7 Å². The fourth-order valence-electron chi connectivity index (χ4n) is 2.91. The summed E-state index contributed by atoms with van der Waals surface area (Å²) in [6.07, 6.45) is 1.61. The smallest absolute Gasteiger partial charge is 0.269 e. The highest BCUT2D eigenvalue weighted by Crippen LogP contribution is 2.23. The molecule has 2 aromatic carbocycles. The molecule has 0 spiro atoms. The van der Waals surface area contributed by atoms with Crippen molar-refractivity contribution in [2.75, 3.05) is 11.1 Å². The predicted octanol–water partition coefficient (Wildman–Crippen LogP) is 3.29. The monoisotopic (exact) mass is 495 g/mol. The first kappa shape index (κ1) is 23.1. The fourth-order valence-corrected chi connectivity index (χ4v) is 4.23. The van der Waals surface area contributed by atoms with Gasteiger partial charge in [0.15, 0.2) is 16.1 Å². The highest BCUT2D eigenvalue weighted by Gasteiger charge is 2.17. The number of carbonyl (C=O) groups excluding carboxylic acids is 2. The lowest BCUT2D eigenvalue weighted by molar-refractivity contribution is -0.384. The number of anilines is 1. The molecule has 0 bridgehead atoms. The zero-order chi connectivity index (χ0) is 23.9. The second kappa shape index (κ2) is 10.7. The van der Waals surface area contributed by atoms with Gasteiger partial charge in [0.2, 0.25) is 5.91 Å². The van der Waals surface area contributed by atoms with E-state index in [9.17, 15) is 19.7 Å². The number of carbonyl (C=O) groups is 2. The number of nitro groups is 1. The van der Waals surface area contributed by atoms with Crippen molar-refractivity contribution in [2.24, 2.45) is 0 Å². The van der Waals surface area contributed by atoms with Crippen LogP contribution in [-0.4, -0.2) is 42.2 Å². The van der Waals surface area contributed by atoms with Crippen molar-refractivity contribution in [3.8, 4) is 5.69 Å². The van der Waals surface area contributed by atoms with Gasteiger partial charge in [-0.05, 0) is 24.3 Å². The number of hydrogen-bond acceptors (Lipinski definition) is 9. The molecule has 172 valence electrons. The van der Waals surface area contributed by atoms with Crippen LogP contribution >= 0.6 is 23.1 Å². The summed E-state index contributed by atoms with van der Waals surface area (Å²) in [6.45, 7) is 0.0591. The van der Waals surface area contributed by atoms with Gasteiger partial charge in [-0.2, -0.15) is 0 Å². The van der Waals surface area contributed by atoms with E-state index >= 15 is 0 Å². The van der Waals surface area contributed by atoms with Gasteiger partial charge in [-0.15, -0.1) is 21.5 Å². The number of para-hydroxylation sites is 1. The number of thioether (sulfide) groups is 1. The maximum Gasteiger partial charge on any atom is 0.269 e. The lowest BCUT2D eigenvalue weighted by atomic mass is 10.2. The molecule has 0 saturated heterocycles. The summed E-state index contributed by atoms with van der Waals surface area (Å²) < 4.78 is 1.76. The molecule has 0 aliphatic carbocycles. The first-order valence-electron chi connectivity index (χ1n) is 9.86. The number of benzene rings is 2. The van der Waals surface area contributed by atoms with Crippen LogP contribution in [0.2, 0.25) is 0 Å². The molecule has 11 nitrogen and oxygen atoms in total. The third-order valence-corrected chi connectivity index (χ3v) is 6.09. The van der Waals surface area contributed by atoms with Gasteiger partial charge in [0, 0.05) is 35.0 Å². The highest BCUT2D eigenvalue weighted by molar-refractivity contribution is 7.99. The van der Waals surface area contributed by atoms with E-state index in [1.807, 2.05) is 30.3 Å². The molecule has 0 saturated carbocycles. The number of thiazole rings is 1. The number of non-ortho nitro benzene ring substituents is 1. The second-order valence-corrected chi connectivity index (χ2v) is 8.57. The second-order valence-electron chi connectivity index (χ2n) is 6.73. The van der Waals surface area contributed by atoms with E-state index in [0.717, 1.165) is 5.69 Å². The topological polar surface area (TPSA) is 145 Å². The van der Waals surface area contributed by atoms with Gasteiger partial charge < -0.3 is 10.6 Å². The van der Waals surface area contributed by atoms with Crippen LogP contribution < -0.4 is 10.6 Å². The Hall–Kier alpha value is -4.10. The van der Waals surface area contributed by atoms with Crippen molar-refractivity contribution in [3.63, 3.8) is 0 Å². The van der Waals surface area contributed by atoms with E-state index in [4.69, 9.17) is 0 Å². The van der Waals surface area contributed by atoms with Crippen molar-refractivity contribution >= 4 is 45.7 Å². The Bertz CT molecular complexity index is 1290. The minimum Gasteiger partial charge on any atom is -0.345 e. The van der Waals surface area contributed by atoms with E-state index in [0.29, 0.717) is 16.1 Å². The zero-order valence-corrected chi connectivity index (χ0v) is 19.1. The standard InChI is InChI=1S/C21H17N7O4S2/c29-18(24-20-22-10-11-33-20)13-34-21-26-25-17(27(21)15-4-2-1-3-5-15)12-23-19(30)14-6-8-16(9-7-14)28(31)32/h1-11H,12-13H2,(H,23,30)(H,22,24,29). The third kappa shape index (κ3) is 5.63. The van der Waals surface area contributed by atoms with Gasteiger partial charge >= 0.3 is 0 Å². The number of rotatable bonds is 9. The summed E-state index contributed by atoms with van der Waals surface area (Å²) in [5, 5.41) is 27.4. The third-order valence-electron chi connectivity index (χ3n) is 4.47. The van der Waals surface area contributed by atoms with Crippen LogP contribution in [0.3, 0.4) is 0 Å². The minimum absolute atomic E-state index is 0.0591. The molecule has 2 N–H and O–H groups in total. The summed E-state index contributed by atoms with van der Waals surface area (Å²) in [7, 11) is 0. The number of hydrogen-bond donors (Lipinski definition) is 2. The van der Waals surface area contributed by atoms with Crippen LogP contribution in [0.25, 0.3) is 5.69 Å². The maximum absolute atomic E-state index is 12.5. The molecule has 0 aliphatic heterocycles. The Morgan fingerprint density at radius 2 is 1.85 bits per heavy atom. The molecule has 0 radical (unpaired) electrons. The van der Waals surface area contributed by atoms with Crippen LogP contribution in [0.4, 0.5) is 10.8 Å². The van der Waals surface area contributed by atoms with Crippen LogP contribution in [0.1, 0.15) is 16.2 Å². The maximum atomic E-state index is 12.5. The molecule has 0 aliphatic rings. The van der Waals surface area contributed by atoms with Crippen molar-refractivity contribution in [1.29, 1.82) is 0 Å². The van der Waals surface area contributed by atoms with Gasteiger partial charge in [-0.3, -0.25) is 24.3 Å².